The average Bonchev–Trinajstić information content (AvgIpc) is 3.30. The fourth-order valence-corrected chi connectivity index (χ4v) is 7.82. The normalized spacial score (nSPS) is 24.2. The van der Waals surface area contributed by atoms with Crippen molar-refractivity contribution in [1.29, 1.82) is 0 Å². The third kappa shape index (κ3) is 1.96. The van der Waals surface area contributed by atoms with Crippen molar-refractivity contribution >= 4 is 36.9 Å². The van der Waals surface area contributed by atoms with Gasteiger partial charge in [-0.05, 0) is 59.6 Å². The Balaban J connectivity index is 1.80. The lowest BCUT2D eigenvalue weighted by atomic mass is 9.77. The second kappa shape index (κ2) is 5.60. The van der Waals surface area contributed by atoms with Crippen molar-refractivity contribution in [3.05, 3.63) is 93.8 Å². The lowest BCUT2D eigenvalue weighted by Gasteiger charge is -2.27. The Morgan fingerprint density at radius 3 is 2.40 bits per heavy atom. The van der Waals surface area contributed by atoms with Crippen LogP contribution < -0.4 is 5.32 Å². The van der Waals surface area contributed by atoms with E-state index in [0.29, 0.717) is 5.52 Å². The summed E-state index contributed by atoms with van der Waals surface area (Å²) < 4.78 is 30.1. The highest BCUT2D eigenvalue weighted by Crippen LogP contribution is 2.60. The Kier molecular flexibility index (Phi) is 3.42. The fraction of sp³-hybridized carbons (Fsp3) is 0.174. The van der Waals surface area contributed by atoms with Crippen LogP contribution in [0.15, 0.2) is 76.4 Å². The third-order valence-electron chi connectivity index (χ3n) is 6.53. The summed E-state index contributed by atoms with van der Waals surface area (Å²) in [5.74, 6) is 0. The summed E-state index contributed by atoms with van der Waals surface area (Å²) in [6, 6.07) is 18.4. The summed E-state index contributed by atoms with van der Waals surface area (Å²) in [6.45, 7) is 4.17. The van der Waals surface area contributed by atoms with Gasteiger partial charge in [-0.3, -0.25) is 5.32 Å². The number of pyridine rings is 1. The minimum Gasteiger partial charge on any atom is -0.289 e. The molecule has 2 unspecified atom stereocenters. The first kappa shape index (κ1) is 18.3. The molecule has 0 spiro atoms. The molecule has 5 nitrogen and oxygen atoms in total. The van der Waals surface area contributed by atoms with Gasteiger partial charge in [0.15, 0.2) is 0 Å². The van der Waals surface area contributed by atoms with Crippen molar-refractivity contribution in [1.82, 2.24) is 14.3 Å². The topological polar surface area (TPSA) is 64.0 Å². The van der Waals surface area contributed by atoms with E-state index in [1.807, 2.05) is 36.4 Å². The molecule has 2 aromatic heterocycles. The molecule has 1 N–H and O–H groups in total. The standard InChI is InChI=1S/C23H18BrN3O2S/c1-22-16-12-13-25-21(24)19(16)23(2,26-22)18-15-10-6-7-11-17(15)27(20(18)22)30(28,29)14-8-4-3-5-9-14/h3-13,26H,1-2H3. The molecule has 2 atom stereocenters. The van der Waals surface area contributed by atoms with Crippen molar-refractivity contribution in [2.24, 2.45) is 0 Å². The van der Waals surface area contributed by atoms with Crippen LogP contribution in [0.5, 0.6) is 0 Å². The Hall–Kier alpha value is -2.48. The van der Waals surface area contributed by atoms with Crippen LogP contribution in [-0.4, -0.2) is 17.4 Å². The maximum atomic E-state index is 13.9. The second-order valence-electron chi connectivity index (χ2n) is 8.22. The molecule has 2 aromatic carbocycles. The van der Waals surface area contributed by atoms with Crippen LogP contribution >= 0.6 is 15.9 Å². The van der Waals surface area contributed by atoms with Gasteiger partial charge in [-0.25, -0.2) is 17.4 Å². The quantitative estimate of drug-likeness (QED) is 0.430. The average molecular weight is 480 g/mol. The van der Waals surface area contributed by atoms with Gasteiger partial charge in [-0.2, -0.15) is 0 Å². The first-order chi connectivity index (χ1) is 14.3. The summed E-state index contributed by atoms with van der Waals surface area (Å²) >= 11 is 3.63. The minimum atomic E-state index is -3.80. The number of rotatable bonds is 2. The van der Waals surface area contributed by atoms with Crippen LogP contribution in [0.2, 0.25) is 0 Å². The monoisotopic (exact) mass is 479 g/mol. The van der Waals surface area contributed by atoms with Gasteiger partial charge in [0.1, 0.15) is 4.60 Å². The van der Waals surface area contributed by atoms with Gasteiger partial charge in [0.05, 0.1) is 27.2 Å². The van der Waals surface area contributed by atoms with Gasteiger partial charge in [-0.15, -0.1) is 0 Å². The zero-order chi connectivity index (χ0) is 20.9. The van der Waals surface area contributed by atoms with Crippen molar-refractivity contribution in [2.45, 2.75) is 29.8 Å². The first-order valence-corrected chi connectivity index (χ1v) is 11.9. The molecule has 4 aromatic rings. The largest absolute Gasteiger partial charge is 0.289 e. The lowest BCUT2D eigenvalue weighted by molar-refractivity contribution is 0.409. The zero-order valence-electron chi connectivity index (χ0n) is 16.3. The Bertz CT molecular complexity index is 1480. The summed E-state index contributed by atoms with van der Waals surface area (Å²) in [5.41, 5.74) is 3.38. The van der Waals surface area contributed by atoms with Gasteiger partial charge in [0.25, 0.3) is 10.0 Å². The molecule has 0 amide bonds. The molecule has 4 heterocycles. The van der Waals surface area contributed by atoms with Gasteiger partial charge >= 0.3 is 0 Å². The predicted octanol–water partition coefficient (Wildman–Crippen LogP) is 4.48. The smallest absolute Gasteiger partial charge is 0.268 e. The molecule has 6 rings (SSSR count). The fourth-order valence-electron chi connectivity index (χ4n) is 5.45. The number of halogens is 1. The third-order valence-corrected chi connectivity index (χ3v) is 8.86. The van der Waals surface area contributed by atoms with E-state index in [4.69, 9.17) is 0 Å². The van der Waals surface area contributed by atoms with Crippen molar-refractivity contribution in [3.63, 3.8) is 0 Å². The van der Waals surface area contributed by atoms with Crippen LogP contribution in [0.4, 0.5) is 0 Å². The van der Waals surface area contributed by atoms with Gasteiger partial charge in [0, 0.05) is 22.7 Å². The van der Waals surface area contributed by atoms with E-state index in [2.05, 4.69) is 40.1 Å². The van der Waals surface area contributed by atoms with E-state index in [1.165, 1.54) is 0 Å². The van der Waals surface area contributed by atoms with Crippen molar-refractivity contribution < 1.29 is 8.42 Å². The SMILES string of the molecule is CC12NC(C)(c3ccnc(Br)c31)c1c2c2ccccc2n1S(=O)(=O)c1ccccc1. The molecule has 2 aliphatic heterocycles. The number of para-hydroxylation sites is 1. The van der Waals surface area contributed by atoms with Crippen molar-refractivity contribution in [3.8, 4) is 0 Å². The first-order valence-electron chi connectivity index (χ1n) is 9.70. The Morgan fingerprint density at radius 2 is 1.63 bits per heavy atom. The number of nitrogens with zero attached hydrogens (tertiary/aromatic N) is 2. The maximum Gasteiger partial charge on any atom is 0.268 e. The van der Waals surface area contributed by atoms with E-state index in [9.17, 15) is 8.42 Å². The zero-order valence-corrected chi connectivity index (χ0v) is 18.8. The summed E-state index contributed by atoms with van der Waals surface area (Å²) in [6.07, 6.45) is 1.76. The van der Waals surface area contributed by atoms with E-state index in [0.717, 1.165) is 32.4 Å². The van der Waals surface area contributed by atoms with Gasteiger partial charge in [0.2, 0.25) is 0 Å². The lowest BCUT2D eigenvalue weighted by Crippen LogP contribution is -2.38. The van der Waals surface area contributed by atoms with E-state index < -0.39 is 21.1 Å². The number of hydrogen-bond acceptors (Lipinski definition) is 4. The summed E-state index contributed by atoms with van der Waals surface area (Å²) in [5, 5.41) is 4.67. The Morgan fingerprint density at radius 1 is 0.933 bits per heavy atom. The van der Waals surface area contributed by atoms with Crippen LogP contribution in [0, 0.1) is 0 Å². The molecule has 0 aliphatic carbocycles. The van der Waals surface area contributed by atoms with Gasteiger partial charge < -0.3 is 0 Å². The van der Waals surface area contributed by atoms with E-state index >= 15 is 0 Å². The molecule has 0 saturated carbocycles. The molecule has 150 valence electrons. The molecule has 2 bridgehead atoms. The minimum absolute atomic E-state index is 0.279. The number of hydrogen-bond donors (Lipinski definition) is 1. The Labute approximate surface area is 182 Å². The number of benzene rings is 2. The highest BCUT2D eigenvalue weighted by Gasteiger charge is 2.61. The molecule has 7 heteroatoms. The highest BCUT2D eigenvalue weighted by molar-refractivity contribution is 9.10. The highest BCUT2D eigenvalue weighted by atomic mass is 79.9. The second-order valence-corrected chi connectivity index (χ2v) is 10.8. The number of nitrogens with one attached hydrogen (secondary N) is 1. The molecule has 2 aliphatic rings. The molecule has 0 radical (unpaired) electrons. The van der Waals surface area contributed by atoms with Crippen molar-refractivity contribution in [2.75, 3.05) is 0 Å². The van der Waals surface area contributed by atoms with Gasteiger partial charge in [-0.1, -0.05) is 36.4 Å². The molecule has 0 fully saturated rings. The molecule has 30 heavy (non-hydrogen) atoms. The maximum absolute atomic E-state index is 13.9. The number of fused-ring (bicyclic) bond motifs is 10. The summed E-state index contributed by atoms with van der Waals surface area (Å²) in [4.78, 5) is 4.73. The van der Waals surface area contributed by atoms with Crippen LogP contribution in [-0.2, 0) is 21.1 Å². The van der Waals surface area contributed by atoms with E-state index in [1.54, 1.807) is 34.4 Å². The molecule has 0 saturated heterocycles. The van der Waals surface area contributed by atoms with Crippen LogP contribution in [0.3, 0.4) is 0 Å². The van der Waals surface area contributed by atoms with E-state index in [-0.39, 0.29) is 4.90 Å². The summed E-state index contributed by atoms with van der Waals surface area (Å²) in [7, 11) is -3.80. The molecular weight excluding hydrogens is 462 g/mol. The predicted molar refractivity (Wildman–Crippen MR) is 119 cm³/mol. The van der Waals surface area contributed by atoms with Crippen LogP contribution in [0.1, 0.15) is 36.2 Å². The molecular formula is C23H18BrN3O2S. The number of aromatic nitrogens is 2. The van der Waals surface area contributed by atoms with Crippen LogP contribution in [0.25, 0.3) is 10.9 Å².